The van der Waals surface area contributed by atoms with Gasteiger partial charge in [-0.15, -0.1) is 11.3 Å². The van der Waals surface area contributed by atoms with Gasteiger partial charge < -0.3 is 4.90 Å². The predicted molar refractivity (Wildman–Crippen MR) is 138 cm³/mol. The van der Waals surface area contributed by atoms with Crippen molar-refractivity contribution >= 4 is 66.8 Å². The number of carbonyl (C=O) groups excluding carboxylic acids is 1. The summed E-state index contributed by atoms with van der Waals surface area (Å²) in [4.78, 5) is 29.6. The Labute approximate surface area is 209 Å². The second-order valence-electron chi connectivity index (χ2n) is 7.87. The van der Waals surface area contributed by atoms with Gasteiger partial charge in [0.15, 0.2) is 0 Å². The van der Waals surface area contributed by atoms with Crippen LogP contribution >= 0.6 is 23.1 Å². The van der Waals surface area contributed by atoms with Gasteiger partial charge in [-0.2, -0.15) is 18.5 Å². The highest BCUT2D eigenvalue weighted by atomic mass is 32.2. The van der Waals surface area contributed by atoms with Gasteiger partial charge in [-0.1, -0.05) is 30.0 Å². The number of benzene rings is 2. The Morgan fingerprint density at radius 2 is 1.83 bits per heavy atom. The number of amides is 1. The Morgan fingerprint density at radius 1 is 1.09 bits per heavy atom. The molecule has 0 atom stereocenters. The highest BCUT2D eigenvalue weighted by molar-refractivity contribution is 8.08. The summed E-state index contributed by atoms with van der Waals surface area (Å²) in [6.45, 7) is 3.87. The van der Waals surface area contributed by atoms with Crippen molar-refractivity contribution in [2.45, 2.75) is 30.2 Å². The van der Waals surface area contributed by atoms with Gasteiger partial charge in [0.25, 0.3) is 21.6 Å². The number of nitrogens with zero attached hydrogens (tertiary/aromatic N) is 4. The van der Waals surface area contributed by atoms with Crippen LogP contribution in [0, 0.1) is 0 Å². The molecule has 35 heavy (non-hydrogen) atoms. The molecule has 0 unspecified atom stereocenters. The Bertz CT molecular complexity index is 1720. The van der Waals surface area contributed by atoms with Gasteiger partial charge in [-0.25, -0.2) is 0 Å². The Kier molecular flexibility index (Phi) is 5.71. The molecule has 2 aromatic carbocycles. The molecule has 2 aliphatic rings. The van der Waals surface area contributed by atoms with Crippen LogP contribution in [0.5, 0.6) is 0 Å². The average molecular weight is 529 g/mol. The molecule has 5 rings (SSSR count). The van der Waals surface area contributed by atoms with Gasteiger partial charge in [0.1, 0.15) is 14.2 Å². The molecule has 3 aromatic rings. The van der Waals surface area contributed by atoms with Crippen LogP contribution in [0.2, 0.25) is 0 Å². The molecule has 1 aromatic heterocycles. The lowest BCUT2D eigenvalue weighted by atomic mass is 10.2. The zero-order valence-electron chi connectivity index (χ0n) is 18.9. The van der Waals surface area contributed by atoms with E-state index in [1.165, 1.54) is 47.4 Å². The van der Waals surface area contributed by atoms with E-state index in [1.54, 1.807) is 11.5 Å². The fourth-order valence-electron chi connectivity index (χ4n) is 4.02. The third-order valence-corrected chi connectivity index (χ3v) is 9.13. The molecule has 2 aliphatic heterocycles. The summed E-state index contributed by atoms with van der Waals surface area (Å²) >= 11 is 2.76. The third-order valence-electron chi connectivity index (χ3n) is 5.72. The molecule has 0 spiro atoms. The Hall–Kier alpha value is -3.19. The highest BCUT2D eigenvalue weighted by Crippen LogP contribution is 2.44. The maximum atomic E-state index is 13.5. The summed E-state index contributed by atoms with van der Waals surface area (Å²) < 4.78 is 35.1. The molecular weight excluding hydrogens is 508 g/mol. The largest absolute Gasteiger partial charge is 0.337 e. The summed E-state index contributed by atoms with van der Waals surface area (Å²) in [6.07, 6.45) is 0. The van der Waals surface area contributed by atoms with Gasteiger partial charge in [-0.05, 0) is 44.2 Å². The number of hydrazone groups is 1. The van der Waals surface area contributed by atoms with E-state index in [2.05, 4.69) is 5.10 Å². The van der Waals surface area contributed by atoms with Crippen LogP contribution in [0.3, 0.4) is 0 Å². The Balaban J connectivity index is 1.69. The van der Waals surface area contributed by atoms with Crippen molar-refractivity contribution in [3.63, 3.8) is 0 Å². The second-order valence-corrected chi connectivity index (χ2v) is 11.3. The molecule has 3 heterocycles. The summed E-state index contributed by atoms with van der Waals surface area (Å²) in [5, 5.41) is 6.22. The standard InChI is InChI=1S/C23H20N4O5S3/c1-4-26-21(29)19(23-25(3)16-10-5-6-11-17(16)33-23)34-22(26)18-13(2)24-27(20(18)28)14-8-7-9-15(12-14)35(30,31)32/h5-12H,4H2,1-3H3,(H,30,31,32)/b22-18+,23-19-. The topological polar surface area (TPSA) is 112 Å². The van der Waals surface area contributed by atoms with Crippen LogP contribution < -0.4 is 24.7 Å². The van der Waals surface area contributed by atoms with Gasteiger partial charge in [0, 0.05) is 18.5 Å². The van der Waals surface area contributed by atoms with Crippen LogP contribution in [-0.2, 0) is 21.5 Å². The monoisotopic (exact) mass is 528 g/mol. The molecule has 1 N–H and O–H groups in total. The maximum absolute atomic E-state index is 13.5. The molecule has 9 nitrogen and oxygen atoms in total. The van der Waals surface area contributed by atoms with Crippen molar-refractivity contribution in [2.75, 3.05) is 17.0 Å². The van der Waals surface area contributed by atoms with Crippen molar-refractivity contribution in [1.82, 2.24) is 4.57 Å². The number of anilines is 2. The van der Waals surface area contributed by atoms with Crippen LogP contribution in [0.1, 0.15) is 13.8 Å². The predicted octanol–water partition coefficient (Wildman–Crippen LogP) is 2.06. The fourth-order valence-corrected chi connectivity index (χ4v) is 7.15. The number of aromatic nitrogens is 1. The number of hydrogen-bond donors (Lipinski definition) is 1. The number of hydrogen-bond acceptors (Lipinski definition) is 8. The molecule has 0 bridgehead atoms. The summed E-state index contributed by atoms with van der Waals surface area (Å²) in [6, 6.07) is 13.2. The lowest BCUT2D eigenvalue weighted by Crippen LogP contribution is -2.35. The summed E-state index contributed by atoms with van der Waals surface area (Å²) in [5.41, 5.74) is 1.70. The first kappa shape index (κ1) is 23.5. The molecule has 1 amide bonds. The van der Waals surface area contributed by atoms with Gasteiger partial charge >= 0.3 is 0 Å². The summed E-state index contributed by atoms with van der Waals surface area (Å²) in [5.74, 6) is -0.481. The third kappa shape index (κ3) is 3.82. The number of carbonyl (C=O) groups is 1. The number of para-hydroxylation sites is 1. The van der Waals surface area contributed by atoms with E-state index >= 15 is 0 Å². The van der Waals surface area contributed by atoms with Gasteiger partial charge in [-0.3, -0.25) is 18.7 Å². The fraction of sp³-hybridized carbons (Fsp3) is 0.174. The highest BCUT2D eigenvalue weighted by Gasteiger charge is 2.32. The number of thioether (sulfide) groups is 1. The first-order valence-corrected chi connectivity index (χ1v) is 13.7. The average Bonchev–Trinajstić information content (AvgIpc) is 3.43. The Morgan fingerprint density at radius 3 is 2.51 bits per heavy atom. The molecule has 0 radical (unpaired) electrons. The summed E-state index contributed by atoms with van der Waals surface area (Å²) in [7, 11) is -2.54. The van der Waals surface area contributed by atoms with Crippen molar-refractivity contribution in [2.24, 2.45) is 5.10 Å². The first-order valence-electron chi connectivity index (χ1n) is 10.6. The van der Waals surface area contributed by atoms with E-state index < -0.39 is 16.0 Å². The second kappa shape index (κ2) is 8.48. The molecule has 0 aliphatic carbocycles. The quantitative estimate of drug-likeness (QED) is 0.518. The number of thiazole rings is 1. The normalized spacial score (nSPS) is 18.9. The van der Waals surface area contributed by atoms with E-state index in [-0.39, 0.29) is 21.7 Å². The lowest BCUT2D eigenvalue weighted by molar-refractivity contribution is -0.112. The molecule has 180 valence electrons. The zero-order valence-corrected chi connectivity index (χ0v) is 21.4. The van der Waals surface area contributed by atoms with E-state index in [4.69, 9.17) is 0 Å². The number of fused-ring (bicyclic) bond motifs is 1. The minimum atomic E-state index is -4.45. The van der Waals surface area contributed by atoms with Gasteiger partial charge in [0.05, 0.1) is 27.6 Å². The van der Waals surface area contributed by atoms with Crippen LogP contribution in [0.25, 0.3) is 10.6 Å². The molecule has 0 saturated heterocycles. The SMILES string of the molecule is CCn1c(=O)/c(=C2/Sc3ccccc3N2C)s/c1=C1/C(=O)N(c2cccc(S(=O)(=O)O)c2)N=C1C. The van der Waals surface area contributed by atoms with Gasteiger partial charge in [0.2, 0.25) is 0 Å². The minimum Gasteiger partial charge on any atom is -0.337 e. The lowest BCUT2D eigenvalue weighted by Gasteiger charge is -2.12. The van der Waals surface area contributed by atoms with Crippen LogP contribution in [0.15, 0.2) is 68.2 Å². The molecular formula is C23H20N4O5S3. The molecule has 0 fully saturated rings. The maximum Gasteiger partial charge on any atom is 0.294 e. The van der Waals surface area contributed by atoms with E-state index in [0.29, 0.717) is 21.5 Å². The molecule has 0 saturated carbocycles. The van der Waals surface area contributed by atoms with E-state index in [9.17, 15) is 22.6 Å². The van der Waals surface area contributed by atoms with Crippen molar-refractivity contribution < 1.29 is 17.8 Å². The van der Waals surface area contributed by atoms with Crippen LogP contribution in [0.4, 0.5) is 11.4 Å². The number of rotatable bonds is 3. The molecule has 12 heteroatoms. The van der Waals surface area contributed by atoms with Crippen LogP contribution in [-0.4, -0.2) is 36.2 Å². The van der Waals surface area contributed by atoms with E-state index in [0.717, 1.165) is 20.6 Å². The van der Waals surface area contributed by atoms with E-state index in [1.807, 2.05) is 43.1 Å². The van der Waals surface area contributed by atoms with Crippen molar-refractivity contribution in [3.05, 3.63) is 68.1 Å². The zero-order chi connectivity index (χ0) is 25.1. The van der Waals surface area contributed by atoms with Crippen molar-refractivity contribution in [3.8, 4) is 0 Å². The smallest absolute Gasteiger partial charge is 0.294 e. The minimum absolute atomic E-state index is 0.186. The van der Waals surface area contributed by atoms with Crippen molar-refractivity contribution in [1.29, 1.82) is 0 Å². The first-order chi connectivity index (χ1) is 16.6.